The third kappa shape index (κ3) is 5.68. The van der Waals surface area contributed by atoms with Gasteiger partial charge in [0, 0.05) is 43.4 Å². The smallest absolute Gasteiger partial charge is 0.266 e. The Labute approximate surface area is 199 Å². The maximum Gasteiger partial charge on any atom is 0.266 e. The Morgan fingerprint density at radius 1 is 1.18 bits per heavy atom. The lowest BCUT2D eigenvalue weighted by atomic mass is 10.2. The van der Waals surface area contributed by atoms with E-state index in [2.05, 4.69) is 35.9 Å². The molecule has 0 saturated heterocycles. The number of nitrogens with zero attached hydrogens (tertiary/aromatic N) is 6. The van der Waals surface area contributed by atoms with E-state index in [9.17, 15) is 13.2 Å². The normalized spacial score (nSPS) is 11.6. The molecule has 0 spiro atoms. The number of hydrogen-bond acceptors (Lipinski definition) is 9. The lowest BCUT2D eigenvalue weighted by Gasteiger charge is -2.21. The highest BCUT2D eigenvalue weighted by Crippen LogP contribution is 2.27. The van der Waals surface area contributed by atoms with Gasteiger partial charge in [0.2, 0.25) is 5.91 Å². The van der Waals surface area contributed by atoms with Crippen LogP contribution < -0.4 is 9.62 Å². The van der Waals surface area contributed by atoms with Crippen molar-refractivity contribution in [2.45, 2.75) is 18.2 Å². The predicted octanol–water partition coefficient (Wildman–Crippen LogP) is 2.80. The van der Waals surface area contributed by atoms with Crippen LogP contribution in [0.3, 0.4) is 0 Å². The van der Waals surface area contributed by atoms with Gasteiger partial charge in [0.1, 0.15) is 0 Å². The van der Waals surface area contributed by atoms with Crippen LogP contribution in [0.25, 0.3) is 0 Å². The monoisotopic (exact) mass is 496 g/mol. The second kappa shape index (κ2) is 10.3. The van der Waals surface area contributed by atoms with Gasteiger partial charge in [0.05, 0.1) is 10.6 Å². The van der Waals surface area contributed by atoms with E-state index in [1.54, 1.807) is 42.1 Å². The Morgan fingerprint density at radius 2 is 1.94 bits per heavy atom. The van der Waals surface area contributed by atoms with Crippen molar-refractivity contribution >= 4 is 50.0 Å². The molecule has 0 saturated carbocycles. The first-order chi connectivity index (χ1) is 16.4. The number of H-pyrrole nitrogens is 1. The van der Waals surface area contributed by atoms with E-state index in [0.29, 0.717) is 22.3 Å². The molecule has 1 amide bonds. The van der Waals surface area contributed by atoms with Gasteiger partial charge in [-0.05, 0) is 42.0 Å². The highest BCUT2D eigenvalue weighted by atomic mass is 32.2. The first-order valence-electron chi connectivity index (χ1n) is 10.1. The maximum atomic E-state index is 13.3. The fourth-order valence-electron chi connectivity index (χ4n) is 2.98. The molecule has 0 bridgehead atoms. The van der Waals surface area contributed by atoms with Crippen molar-refractivity contribution in [2.75, 3.05) is 16.2 Å². The van der Waals surface area contributed by atoms with Gasteiger partial charge < -0.3 is 5.32 Å². The first kappa shape index (κ1) is 23.2. The summed E-state index contributed by atoms with van der Waals surface area (Å²) in [6.07, 6.45) is 3.49. The van der Waals surface area contributed by atoms with Gasteiger partial charge >= 0.3 is 0 Å². The summed E-state index contributed by atoms with van der Waals surface area (Å²) in [7, 11) is -3.87. The molecule has 2 N–H and O–H groups in total. The number of tetrazole rings is 1. The molecular formula is C21H20N8O3S2. The Balaban J connectivity index is 1.49. The SMILES string of the molecule is CC(=O)Nc1ccc(C=Nc2ccc(S(=O)(=O)N(CCc3nn[nH]n3)c3nccs3)cc2)cc1. The molecule has 2 heterocycles. The van der Waals surface area contributed by atoms with Crippen LogP contribution in [0.2, 0.25) is 0 Å². The molecule has 11 nitrogen and oxygen atoms in total. The van der Waals surface area contributed by atoms with E-state index < -0.39 is 10.0 Å². The highest BCUT2D eigenvalue weighted by molar-refractivity contribution is 7.93. The van der Waals surface area contributed by atoms with E-state index in [4.69, 9.17) is 0 Å². The van der Waals surface area contributed by atoms with E-state index >= 15 is 0 Å². The predicted molar refractivity (Wildman–Crippen MR) is 129 cm³/mol. The number of aromatic amines is 1. The average Bonchev–Trinajstić information content (AvgIpc) is 3.53. The van der Waals surface area contributed by atoms with Gasteiger partial charge in [-0.2, -0.15) is 5.21 Å². The van der Waals surface area contributed by atoms with Crippen LogP contribution in [0.5, 0.6) is 0 Å². The number of carbonyl (C=O) groups is 1. The molecule has 0 aliphatic carbocycles. The number of rotatable bonds is 9. The molecule has 0 fully saturated rings. The summed E-state index contributed by atoms with van der Waals surface area (Å²) in [5.41, 5.74) is 2.13. The van der Waals surface area contributed by atoms with Crippen molar-refractivity contribution in [3.8, 4) is 0 Å². The van der Waals surface area contributed by atoms with Gasteiger partial charge in [-0.1, -0.05) is 17.3 Å². The fourth-order valence-corrected chi connectivity index (χ4v) is 5.30. The van der Waals surface area contributed by atoms with Crippen LogP contribution in [0.1, 0.15) is 18.3 Å². The minimum Gasteiger partial charge on any atom is -0.326 e. The number of amides is 1. The van der Waals surface area contributed by atoms with Crippen LogP contribution in [0.4, 0.5) is 16.5 Å². The number of carbonyl (C=O) groups excluding carboxylic acids is 1. The standard InChI is InChI=1S/C21H20N8O3S2/c1-15(30)24-18-4-2-16(3-5-18)14-23-17-6-8-19(9-7-17)34(31,32)29(21-22-11-13-33-21)12-10-20-25-27-28-26-20/h2-9,11,13-14H,10,12H2,1H3,(H,24,30)(H,25,26,27,28). The van der Waals surface area contributed by atoms with Crippen molar-refractivity contribution in [3.05, 3.63) is 71.5 Å². The molecule has 4 aromatic rings. The lowest BCUT2D eigenvalue weighted by Crippen LogP contribution is -2.33. The van der Waals surface area contributed by atoms with Crippen LogP contribution in [-0.2, 0) is 21.2 Å². The maximum absolute atomic E-state index is 13.3. The largest absolute Gasteiger partial charge is 0.326 e. The number of hydrogen-bond donors (Lipinski definition) is 2. The molecule has 0 atom stereocenters. The van der Waals surface area contributed by atoms with Crippen molar-refractivity contribution in [2.24, 2.45) is 4.99 Å². The Kier molecular flexibility index (Phi) is 7.04. The van der Waals surface area contributed by atoms with Gasteiger partial charge in [0.25, 0.3) is 10.0 Å². The van der Waals surface area contributed by atoms with Crippen LogP contribution in [0, 0.1) is 0 Å². The molecule has 0 unspecified atom stereocenters. The number of aromatic nitrogens is 5. The van der Waals surface area contributed by atoms with Crippen LogP contribution >= 0.6 is 11.3 Å². The van der Waals surface area contributed by atoms with E-state index in [0.717, 1.165) is 5.56 Å². The minimum absolute atomic E-state index is 0.115. The molecule has 0 aliphatic heterocycles. The Bertz CT molecular complexity index is 1350. The molecule has 2 aromatic heterocycles. The van der Waals surface area contributed by atoms with Crippen molar-refractivity contribution in [3.63, 3.8) is 0 Å². The molecular weight excluding hydrogens is 476 g/mol. The van der Waals surface area contributed by atoms with Gasteiger partial charge in [-0.3, -0.25) is 9.79 Å². The quantitative estimate of drug-likeness (QED) is 0.339. The summed E-state index contributed by atoms with van der Waals surface area (Å²) >= 11 is 1.23. The summed E-state index contributed by atoms with van der Waals surface area (Å²) in [6, 6.07) is 13.5. The minimum atomic E-state index is -3.87. The third-order valence-corrected chi connectivity index (χ3v) is 7.29. The summed E-state index contributed by atoms with van der Waals surface area (Å²) in [5.74, 6) is 0.270. The van der Waals surface area contributed by atoms with Crippen LogP contribution in [-0.4, -0.2) is 52.7 Å². The van der Waals surface area contributed by atoms with Crippen molar-refractivity contribution in [1.82, 2.24) is 25.6 Å². The molecule has 0 radical (unpaired) electrons. The molecule has 2 aromatic carbocycles. The topological polar surface area (TPSA) is 146 Å². The number of thiazole rings is 1. The molecule has 34 heavy (non-hydrogen) atoms. The lowest BCUT2D eigenvalue weighted by molar-refractivity contribution is -0.114. The van der Waals surface area contributed by atoms with E-state index in [1.165, 1.54) is 34.7 Å². The van der Waals surface area contributed by atoms with Crippen LogP contribution in [0.15, 0.2) is 70.0 Å². The number of aliphatic imine (C=N–C) groups is 1. The van der Waals surface area contributed by atoms with E-state index in [-0.39, 0.29) is 23.8 Å². The summed E-state index contributed by atoms with van der Waals surface area (Å²) in [4.78, 5) is 19.8. The zero-order chi connectivity index (χ0) is 24.0. The second-order valence-electron chi connectivity index (χ2n) is 7.03. The molecule has 174 valence electrons. The van der Waals surface area contributed by atoms with Gasteiger partial charge in [-0.25, -0.2) is 17.7 Å². The average molecular weight is 497 g/mol. The molecule has 4 rings (SSSR count). The van der Waals surface area contributed by atoms with Crippen molar-refractivity contribution in [1.29, 1.82) is 0 Å². The van der Waals surface area contributed by atoms with E-state index in [1.807, 2.05) is 12.1 Å². The Hall–Kier alpha value is -3.97. The number of sulfonamides is 1. The van der Waals surface area contributed by atoms with Gasteiger partial charge in [-0.15, -0.1) is 21.5 Å². The zero-order valence-corrected chi connectivity index (χ0v) is 19.6. The number of nitrogens with one attached hydrogen (secondary N) is 2. The third-order valence-electron chi connectivity index (χ3n) is 4.58. The molecule has 0 aliphatic rings. The summed E-state index contributed by atoms with van der Waals surface area (Å²) in [5, 5.41) is 18.4. The fraction of sp³-hybridized carbons (Fsp3) is 0.143. The summed E-state index contributed by atoms with van der Waals surface area (Å²) < 4.78 is 27.9. The zero-order valence-electron chi connectivity index (χ0n) is 18.0. The first-order valence-corrected chi connectivity index (χ1v) is 12.4. The van der Waals surface area contributed by atoms with Crippen molar-refractivity contribution < 1.29 is 13.2 Å². The number of benzene rings is 2. The Morgan fingerprint density at radius 3 is 2.56 bits per heavy atom. The summed E-state index contributed by atoms with van der Waals surface area (Å²) in [6.45, 7) is 1.56. The number of anilines is 2. The molecule has 13 heteroatoms. The van der Waals surface area contributed by atoms with Gasteiger partial charge in [0.15, 0.2) is 11.0 Å². The highest BCUT2D eigenvalue weighted by Gasteiger charge is 2.27. The second-order valence-corrected chi connectivity index (χ2v) is 9.76.